The number of carboxylic acid groups (broad SMARTS) is 1. The van der Waals surface area contributed by atoms with Gasteiger partial charge in [0.1, 0.15) is 12.1 Å². The fourth-order valence-corrected chi connectivity index (χ4v) is 4.69. The van der Waals surface area contributed by atoms with Gasteiger partial charge in [0, 0.05) is 44.9 Å². The summed E-state index contributed by atoms with van der Waals surface area (Å²) in [5, 5.41) is 14.9. The second kappa shape index (κ2) is 10.7. The number of unbranched alkanes of at least 4 members (excludes halogenated alkanes) is 1. The predicted octanol–water partition coefficient (Wildman–Crippen LogP) is 3.45. The Balaban J connectivity index is 1.17. The van der Waals surface area contributed by atoms with E-state index in [9.17, 15) is 19.5 Å². The maximum atomic E-state index is 12.2. The maximum absolute atomic E-state index is 12.2. The molecule has 1 heterocycles. The topological polar surface area (TPSA) is 114 Å². The molecule has 0 saturated carbocycles. The van der Waals surface area contributed by atoms with E-state index in [1.165, 1.54) is 11.1 Å². The van der Waals surface area contributed by atoms with Crippen molar-refractivity contribution >= 4 is 18.0 Å². The largest absolute Gasteiger partial charge is 0.480 e. The number of hydrogen-bond donors (Lipinski definition) is 3. The number of amides is 2. The van der Waals surface area contributed by atoms with Crippen LogP contribution in [-0.4, -0.2) is 55.0 Å². The van der Waals surface area contributed by atoms with Crippen LogP contribution in [0.1, 0.15) is 49.1 Å². The highest BCUT2D eigenvalue weighted by atomic mass is 16.5. The van der Waals surface area contributed by atoms with Gasteiger partial charge in [-0.05, 0) is 35.1 Å². The van der Waals surface area contributed by atoms with Gasteiger partial charge in [0.2, 0.25) is 5.91 Å². The van der Waals surface area contributed by atoms with Crippen molar-refractivity contribution in [2.45, 2.75) is 43.6 Å². The third-order valence-corrected chi connectivity index (χ3v) is 6.58. The third-order valence-electron chi connectivity index (χ3n) is 6.58. The number of rotatable bonds is 9. The first-order valence-electron chi connectivity index (χ1n) is 11.7. The molecule has 8 heteroatoms. The number of benzene rings is 2. The average molecular weight is 467 g/mol. The van der Waals surface area contributed by atoms with Crippen LogP contribution in [0.3, 0.4) is 0 Å². The SMILES string of the molecule is O=C(CCCCNC(=O)OCC1c2ccccc2-c2ccccc21)NC1(C(=O)O)CCOCC1. The van der Waals surface area contributed by atoms with Crippen LogP contribution < -0.4 is 10.6 Å². The van der Waals surface area contributed by atoms with Crippen LogP contribution in [0.4, 0.5) is 4.79 Å². The van der Waals surface area contributed by atoms with Crippen LogP contribution in [0.15, 0.2) is 48.5 Å². The summed E-state index contributed by atoms with van der Waals surface area (Å²) in [6, 6.07) is 16.3. The van der Waals surface area contributed by atoms with E-state index < -0.39 is 17.6 Å². The molecule has 1 saturated heterocycles. The number of alkyl carbamates (subject to hydrolysis) is 1. The summed E-state index contributed by atoms with van der Waals surface area (Å²) in [4.78, 5) is 36.1. The molecule has 2 aromatic carbocycles. The Morgan fingerprint density at radius 3 is 2.21 bits per heavy atom. The van der Waals surface area contributed by atoms with Gasteiger partial charge < -0.3 is 25.2 Å². The van der Waals surface area contributed by atoms with Gasteiger partial charge in [-0.15, -0.1) is 0 Å². The molecule has 3 N–H and O–H groups in total. The number of carbonyl (C=O) groups is 3. The minimum absolute atomic E-state index is 0.00795. The van der Waals surface area contributed by atoms with Gasteiger partial charge >= 0.3 is 12.1 Å². The zero-order valence-electron chi connectivity index (χ0n) is 19.0. The number of carboxylic acids is 1. The number of nitrogens with one attached hydrogen (secondary N) is 2. The van der Waals surface area contributed by atoms with E-state index in [-0.39, 0.29) is 37.7 Å². The van der Waals surface area contributed by atoms with Gasteiger partial charge in [0.15, 0.2) is 0 Å². The van der Waals surface area contributed by atoms with Gasteiger partial charge in [-0.1, -0.05) is 48.5 Å². The van der Waals surface area contributed by atoms with E-state index in [4.69, 9.17) is 9.47 Å². The molecule has 0 unspecified atom stereocenters. The van der Waals surface area contributed by atoms with Gasteiger partial charge in [0.25, 0.3) is 0 Å². The molecule has 2 aromatic rings. The molecule has 180 valence electrons. The van der Waals surface area contributed by atoms with Crippen molar-refractivity contribution in [2.75, 3.05) is 26.4 Å². The first-order valence-corrected chi connectivity index (χ1v) is 11.7. The molecule has 0 spiro atoms. The molecular weight excluding hydrogens is 436 g/mol. The Hall–Kier alpha value is -3.39. The summed E-state index contributed by atoms with van der Waals surface area (Å²) >= 11 is 0. The number of carbonyl (C=O) groups excluding carboxylic acids is 2. The lowest BCUT2D eigenvalue weighted by Crippen LogP contribution is -2.57. The van der Waals surface area contributed by atoms with E-state index in [2.05, 4.69) is 34.9 Å². The molecular formula is C26H30N2O6. The van der Waals surface area contributed by atoms with Crippen LogP contribution in [0, 0.1) is 0 Å². The van der Waals surface area contributed by atoms with Gasteiger partial charge in [-0.3, -0.25) is 4.79 Å². The van der Waals surface area contributed by atoms with E-state index in [1.807, 2.05) is 24.3 Å². The normalized spacial score (nSPS) is 16.2. The Labute approximate surface area is 198 Å². The highest BCUT2D eigenvalue weighted by Gasteiger charge is 2.41. The Kier molecular flexibility index (Phi) is 7.47. The van der Waals surface area contributed by atoms with Crippen molar-refractivity contribution in [3.05, 3.63) is 59.7 Å². The highest BCUT2D eigenvalue weighted by Crippen LogP contribution is 2.44. The summed E-state index contributed by atoms with van der Waals surface area (Å²) in [7, 11) is 0. The van der Waals surface area contributed by atoms with Crippen LogP contribution in [-0.2, 0) is 19.1 Å². The molecule has 0 radical (unpaired) electrons. The summed E-state index contributed by atoms with van der Waals surface area (Å²) in [5.41, 5.74) is 3.43. The Morgan fingerprint density at radius 1 is 0.971 bits per heavy atom. The number of hydrogen-bond acceptors (Lipinski definition) is 5. The van der Waals surface area contributed by atoms with Crippen molar-refractivity contribution in [2.24, 2.45) is 0 Å². The molecule has 8 nitrogen and oxygen atoms in total. The fourth-order valence-electron chi connectivity index (χ4n) is 4.69. The van der Waals surface area contributed by atoms with E-state index in [0.717, 1.165) is 11.1 Å². The number of aliphatic carboxylic acids is 1. The van der Waals surface area contributed by atoms with E-state index in [1.54, 1.807) is 0 Å². The second-order valence-corrected chi connectivity index (χ2v) is 8.76. The number of ether oxygens (including phenoxy) is 2. The predicted molar refractivity (Wildman–Crippen MR) is 125 cm³/mol. The van der Waals surface area contributed by atoms with Crippen LogP contribution in [0.2, 0.25) is 0 Å². The molecule has 1 fully saturated rings. The maximum Gasteiger partial charge on any atom is 0.407 e. The van der Waals surface area contributed by atoms with Crippen molar-refractivity contribution in [1.82, 2.24) is 10.6 Å². The standard InChI is InChI=1S/C26H30N2O6/c29-23(28-26(24(30)31)12-15-33-16-13-26)11-5-6-14-27-25(32)34-17-22-20-9-3-1-7-18(20)19-8-2-4-10-21(19)22/h1-4,7-10,22H,5-6,11-17H2,(H,27,32)(H,28,29)(H,30,31). The lowest BCUT2D eigenvalue weighted by molar-refractivity contribution is -0.152. The minimum atomic E-state index is -1.24. The summed E-state index contributed by atoms with van der Waals surface area (Å²) in [5.74, 6) is -1.32. The third kappa shape index (κ3) is 5.22. The smallest absolute Gasteiger partial charge is 0.407 e. The van der Waals surface area contributed by atoms with Crippen LogP contribution in [0.5, 0.6) is 0 Å². The molecule has 1 aliphatic heterocycles. The average Bonchev–Trinajstić information content (AvgIpc) is 3.17. The quantitative estimate of drug-likeness (QED) is 0.488. The monoisotopic (exact) mass is 466 g/mol. The van der Waals surface area contributed by atoms with Gasteiger partial charge in [-0.2, -0.15) is 0 Å². The van der Waals surface area contributed by atoms with Crippen LogP contribution >= 0.6 is 0 Å². The van der Waals surface area contributed by atoms with Crippen molar-refractivity contribution in [3.63, 3.8) is 0 Å². The molecule has 0 aromatic heterocycles. The Bertz CT molecular complexity index is 1000. The van der Waals surface area contributed by atoms with Crippen LogP contribution in [0.25, 0.3) is 11.1 Å². The lowest BCUT2D eigenvalue weighted by atomic mass is 9.90. The van der Waals surface area contributed by atoms with E-state index >= 15 is 0 Å². The molecule has 4 rings (SSSR count). The van der Waals surface area contributed by atoms with Crippen molar-refractivity contribution in [3.8, 4) is 11.1 Å². The van der Waals surface area contributed by atoms with Crippen molar-refractivity contribution < 1.29 is 29.0 Å². The molecule has 0 bridgehead atoms. The fraction of sp³-hybridized carbons (Fsp3) is 0.423. The summed E-state index contributed by atoms with van der Waals surface area (Å²) < 4.78 is 10.7. The minimum Gasteiger partial charge on any atom is -0.480 e. The molecule has 0 atom stereocenters. The Morgan fingerprint density at radius 2 is 1.59 bits per heavy atom. The van der Waals surface area contributed by atoms with Gasteiger partial charge in [0.05, 0.1) is 0 Å². The lowest BCUT2D eigenvalue weighted by Gasteiger charge is -2.33. The second-order valence-electron chi connectivity index (χ2n) is 8.76. The van der Waals surface area contributed by atoms with E-state index in [0.29, 0.717) is 32.6 Å². The summed E-state index contributed by atoms with van der Waals surface area (Å²) in [6.07, 6.45) is 1.35. The highest BCUT2D eigenvalue weighted by molar-refractivity contribution is 5.87. The summed E-state index contributed by atoms with van der Waals surface area (Å²) in [6.45, 7) is 1.26. The molecule has 2 aliphatic rings. The zero-order chi connectivity index (χ0) is 24.0. The molecule has 34 heavy (non-hydrogen) atoms. The molecule has 1 aliphatic carbocycles. The van der Waals surface area contributed by atoms with Gasteiger partial charge in [-0.25, -0.2) is 9.59 Å². The zero-order valence-corrected chi connectivity index (χ0v) is 19.0. The van der Waals surface area contributed by atoms with Crippen molar-refractivity contribution in [1.29, 1.82) is 0 Å². The first kappa shape index (κ1) is 23.8. The number of fused-ring (bicyclic) bond motifs is 3. The molecule has 2 amide bonds. The first-order chi connectivity index (χ1) is 16.5.